The minimum absolute atomic E-state index is 0.0197. The Morgan fingerprint density at radius 2 is 1.91 bits per heavy atom. The number of ether oxygens (including phenoxy) is 2. The minimum atomic E-state index is -1.21. The Morgan fingerprint density at radius 3 is 2.65 bits per heavy atom. The van der Waals surface area contributed by atoms with Crippen molar-refractivity contribution in [2.45, 2.75) is 44.8 Å². The van der Waals surface area contributed by atoms with E-state index in [4.69, 9.17) is 16.3 Å². The molecule has 2 N–H and O–H groups in total. The number of pyridine rings is 1. The average Bonchev–Trinajstić information content (AvgIpc) is 2.98. The van der Waals surface area contributed by atoms with E-state index < -0.39 is 53.3 Å². The predicted molar refractivity (Wildman–Crippen MR) is 152 cm³/mol. The molecular weight excluding hydrogens is 589 g/mol. The molecule has 2 aromatic carbocycles. The number of hydrogen-bond donors (Lipinski definition) is 2. The highest BCUT2D eigenvalue weighted by Crippen LogP contribution is 2.40. The first-order valence-electron chi connectivity index (χ1n) is 13.6. The van der Waals surface area contributed by atoms with Crippen LogP contribution in [0, 0.1) is 23.4 Å². The first kappa shape index (κ1) is 30.1. The number of benzene rings is 2. The number of fused-ring (bicyclic) bond motifs is 4. The topological polar surface area (TPSA) is 110 Å². The largest absolute Gasteiger partial charge is 0.453 e. The summed E-state index contributed by atoms with van der Waals surface area (Å²) >= 11 is 5.84. The third kappa shape index (κ3) is 6.24. The highest BCUT2D eigenvalue weighted by atomic mass is 35.5. The third-order valence-electron chi connectivity index (χ3n) is 7.68. The number of rotatable bonds is 3. The lowest BCUT2D eigenvalue weighted by Crippen LogP contribution is -2.42. The standard InChI is InChI=1S/C30H28ClF3N4O5/c1-15-4-3-5-24(38-11-10-25(43-30(38)41)26-20(32)9-8-19(31)27(26)34)18-13-22(35-14-21(18)33)17-7-6-16(36-29(40)42-2)12-23(17)37-28(15)39/h6-9,12-15,24-25H,3-5,10-11H2,1-2H3,(H,36,40)(H,37,39)/t15-,24+,25-/m1/s1. The molecule has 2 aliphatic heterocycles. The van der Waals surface area contributed by atoms with Crippen LogP contribution in [0.15, 0.2) is 42.6 Å². The highest BCUT2D eigenvalue weighted by molar-refractivity contribution is 6.30. The summed E-state index contributed by atoms with van der Waals surface area (Å²) in [4.78, 5) is 43.7. The zero-order valence-electron chi connectivity index (χ0n) is 23.3. The Balaban J connectivity index is 1.51. The molecule has 2 aliphatic rings. The Bertz CT molecular complexity index is 1590. The van der Waals surface area contributed by atoms with Crippen molar-refractivity contribution in [1.29, 1.82) is 0 Å². The fourth-order valence-electron chi connectivity index (χ4n) is 5.38. The number of carbonyl (C=O) groups excluding carboxylic acids is 3. The lowest BCUT2D eigenvalue weighted by Gasteiger charge is -2.38. The smallest absolute Gasteiger partial charge is 0.411 e. The van der Waals surface area contributed by atoms with Gasteiger partial charge >= 0.3 is 12.2 Å². The summed E-state index contributed by atoms with van der Waals surface area (Å²) < 4.78 is 54.8. The van der Waals surface area contributed by atoms with Crippen molar-refractivity contribution in [3.63, 3.8) is 0 Å². The fourth-order valence-corrected chi connectivity index (χ4v) is 5.54. The van der Waals surface area contributed by atoms with Crippen molar-refractivity contribution in [1.82, 2.24) is 9.88 Å². The van der Waals surface area contributed by atoms with Gasteiger partial charge in [-0.3, -0.25) is 15.1 Å². The van der Waals surface area contributed by atoms with E-state index in [-0.39, 0.29) is 35.9 Å². The Kier molecular flexibility index (Phi) is 8.77. The van der Waals surface area contributed by atoms with Crippen molar-refractivity contribution in [2.75, 3.05) is 24.3 Å². The number of hydrogen-bond acceptors (Lipinski definition) is 6. The van der Waals surface area contributed by atoms with E-state index in [1.54, 1.807) is 25.1 Å². The molecule has 3 atom stereocenters. The van der Waals surface area contributed by atoms with Gasteiger partial charge in [-0.05, 0) is 49.2 Å². The summed E-state index contributed by atoms with van der Waals surface area (Å²) in [6, 6.07) is 7.50. The van der Waals surface area contributed by atoms with Gasteiger partial charge in [-0.15, -0.1) is 0 Å². The van der Waals surface area contributed by atoms with E-state index in [9.17, 15) is 23.2 Å². The minimum Gasteiger partial charge on any atom is -0.453 e. The number of anilines is 2. The third-order valence-corrected chi connectivity index (χ3v) is 7.97. The molecule has 5 rings (SSSR count). The van der Waals surface area contributed by atoms with Gasteiger partial charge in [-0.1, -0.05) is 24.9 Å². The van der Waals surface area contributed by atoms with E-state index in [2.05, 4.69) is 20.4 Å². The van der Waals surface area contributed by atoms with Crippen LogP contribution in [-0.2, 0) is 14.3 Å². The molecule has 0 radical (unpaired) electrons. The summed E-state index contributed by atoms with van der Waals surface area (Å²) in [5.41, 5.74) is 1.17. The maximum Gasteiger partial charge on any atom is 0.411 e. The zero-order chi connectivity index (χ0) is 30.8. The maximum atomic E-state index is 15.4. The van der Waals surface area contributed by atoms with E-state index in [1.807, 2.05) is 0 Å². The second-order valence-corrected chi connectivity index (χ2v) is 10.8. The molecule has 1 aromatic heterocycles. The fraction of sp³-hybridized carbons (Fsp3) is 0.333. The van der Waals surface area contributed by atoms with Crippen molar-refractivity contribution >= 4 is 41.1 Å². The van der Waals surface area contributed by atoms with Gasteiger partial charge in [-0.2, -0.15) is 0 Å². The molecule has 43 heavy (non-hydrogen) atoms. The van der Waals surface area contributed by atoms with Gasteiger partial charge in [0.25, 0.3) is 0 Å². The number of carbonyl (C=O) groups is 3. The van der Waals surface area contributed by atoms with Gasteiger partial charge in [0, 0.05) is 35.7 Å². The van der Waals surface area contributed by atoms with Crippen LogP contribution in [0.1, 0.15) is 55.9 Å². The molecule has 3 heterocycles. The lowest BCUT2D eigenvalue weighted by atomic mass is 9.93. The second kappa shape index (κ2) is 12.5. The van der Waals surface area contributed by atoms with Crippen molar-refractivity contribution < 1.29 is 37.0 Å². The van der Waals surface area contributed by atoms with Gasteiger partial charge < -0.3 is 19.7 Å². The van der Waals surface area contributed by atoms with Crippen molar-refractivity contribution in [3.8, 4) is 11.3 Å². The molecule has 1 fully saturated rings. The van der Waals surface area contributed by atoms with Gasteiger partial charge in [0.1, 0.15) is 17.7 Å². The molecule has 3 amide bonds. The van der Waals surface area contributed by atoms with Crippen LogP contribution in [0.4, 0.5) is 34.1 Å². The molecule has 0 spiro atoms. The first-order chi connectivity index (χ1) is 20.6. The summed E-state index contributed by atoms with van der Waals surface area (Å²) in [6.45, 7) is 1.77. The average molecular weight is 617 g/mol. The predicted octanol–water partition coefficient (Wildman–Crippen LogP) is 7.38. The van der Waals surface area contributed by atoms with Crippen LogP contribution in [0.5, 0.6) is 0 Å². The molecule has 2 bridgehead atoms. The molecule has 9 nitrogen and oxygen atoms in total. The molecular formula is C30H28ClF3N4O5. The lowest BCUT2D eigenvalue weighted by molar-refractivity contribution is -0.119. The number of aromatic nitrogens is 1. The van der Waals surface area contributed by atoms with Crippen LogP contribution in [0.3, 0.4) is 0 Å². The number of halogens is 4. The molecule has 3 aromatic rings. The first-order valence-corrected chi connectivity index (χ1v) is 14.0. The van der Waals surface area contributed by atoms with Crippen molar-refractivity contribution in [3.05, 3.63) is 76.2 Å². The summed E-state index contributed by atoms with van der Waals surface area (Å²) in [5.74, 6) is -3.27. The molecule has 13 heteroatoms. The SMILES string of the molecule is COC(=O)Nc1ccc2c(c1)NC(=O)[C@H](C)CCC[C@H](N1CC[C@H](c3c(F)ccc(Cl)c3F)OC1=O)c1cc-2ncc1F. The Hall–Kier alpha value is -4.32. The molecule has 0 aliphatic carbocycles. The summed E-state index contributed by atoms with van der Waals surface area (Å²) in [5, 5.41) is 5.12. The van der Waals surface area contributed by atoms with E-state index in [1.165, 1.54) is 18.1 Å². The Labute approximate surface area is 250 Å². The quantitative estimate of drug-likeness (QED) is 0.297. The van der Waals surface area contributed by atoms with Gasteiger partial charge in [0.05, 0.1) is 41.3 Å². The van der Waals surface area contributed by atoms with E-state index in [0.717, 1.165) is 18.3 Å². The number of methoxy groups -OCH3 is 1. The van der Waals surface area contributed by atoms with Crippen LogP contribution in [-0.4, -0.2) is 41.6 Å². The van der Waals surface area contributed by atoms with Crippen LogP contribution in [0.25, 0.3) is 11.3 Å². The number of cyclic esters (lactones) is 1. The normalized spacial score (nSPS) is 20.6. The number of nitrogens with zero attached hydrogens (tertiary/aromatic N) is 2. The van der Waals surface area contributed by atoms with Gasteiger partial charge in [0.2, 0.25) is 5.91 Å². The van der Waals surface area contributed by atoms with Crippen LogP contribution in [0.2, 0.25) is 5.02 Å². The van der Waals surface area contributed by atoms with Crippen molar-refractivity contribution in [2.24, 2.45) is 5.92 Å². The molecule has 0 saturated carbocycles. The van der Waals surface area contributed by atoms with Gasteiger partial charge in [-0.25, -0.2) is 22.8 Å². The summed E-state index contributed by atoms with van der Waals surface area (Å²) in [7, 11) is 1.22. The van der Waals surface area contributed by atoms with E-state index in [0.29, 0.717) is 35.5 Å². The Morgan fingerprint density at radius 1 is 1.12 bits per heavy atom. The maximum absolute atomic E-state index is 15.4. The molecule has 0 unspecified atom stereocenters. The highest BCUT2D eigenvalue weighted by Gasteiger charge is 2.37. The van der Waals surface area contributed by atoms with Crippen LogP contribution >= 0.6 is 11.6 Å². The summed E-state index contributed by atoms with van der Waals surface area (Å²) in [6.07, 6.45) is -0.564. The second-order valence-electron chi connectivity index (χ2n) is 10.4. The molecule has 1 saturated heterocycles. The molecule has 226 valence electrons. The number of amides is 3. The van der Waals surface area contributed by atoms with Gasteiger partial charge in [0.15, 0.2) is 5.82 Å². The zero-order valence-corrected chi connectivity index (χ0v) is 24.0. The van der Waals surface area contributed by atoms with E-state index >= 15 is 4.39 Å². The number of nitrogens with one attached hydrogen (secondary N) is 2. The monoisotopic (exact) mass is 616 g/mol. The van der Waals surface area contributed by atoms with Crippen LogP contribution < -0.4 is 10.6 Å².